The Hall–Kier alpha value is -3.94. The Morgan fingerprint density at radius 3 is 2.47 bits per heavy atom. The van der Waals surface area contributed by atoms with Crippen LogP contribution in [0.15, 0.2) is 45.6 Å². The number of benzene rings is 2. The van der Waals surface area contributed by atoms with Gasteiger partial charge >= 0.3 is 11.6 Å². The van der Waals surface area contributed by atoms with Crippen LogP contribution in [0.5, 0.6) is 5.75 Å². The number of aryl methyl sites for hydroxylation is 1. The van der Waals surface area contributed by atoms with Gasteiger partial charge in [-0.05, 0) is 48.6 Å². The fraction of sp³-hybridized carbons (Fsp3) is 0.308. The number of imide groups is 1. The molecule has 0 saturated heterocycles. The summed E-state index contributed by atoms with van der Waals surface area (Å²) in [5, 5.41) is 10.6. The van der Waals surface area contributed by atoms with Crippen molar-refractivity contribution in [3.63, 3.8) is 0 Å². The first-order valence-corrected chi connectivity index (χ1v) is 11.2. The molecule has 2 amide bonds. The lowest BCUT2D eigenvalue weighted by atomic mass is 10.0. The highest BCUT2D eigenvalue weighted by Crippen LogP contribution is 2.28. The fourth-order valence-electron chi connectivity index (χ4n) is 3.94. The Kier molecular flexibility index (Phi) is 6.24. The minimum Gasteiger partial charge on any atom is -0.508 e. The summed E-state index contributed by atoms with van der Waals surface area (Å²) in [7, 11) is 0. The van der Waals surface area contributed by atoms with Crippen LogP contribution in [-0.4, -0.2) is 34.3 Å². The first kappa shape index (κ1) is 23.2. The first-order valence-electron chi connectivity index (χ1n) is 11.2. The number of phenolic OH excluding ortho intramolecular Hbond substituents is 1. The molecule has 176 valence electrons. The molecule has 1 aliphatic rings. The molecule has 1 aromatic heterocycles. The van der Waals surface area contributed by atoms with E-state index in [9.17, 15) is 24.3 Å². The van der Waals surface area contributed by atoms with Gasteiger partial charge in [0.1, 0.15) is 17.9 Å². The first-order chi connectivity index (χ1) is 16.2. The van der Waals surface area contributed by atoms with Gasteiger partial charge in [0.05, 0.1) is 16.7 Å². The summed E-state index contributed by atoms with van der Waals surface area (Å²) in [5.74, 6) is -1.12. The van der Waals surface area contributed by atoms with E-state index in [1.54, 1.807) is 6.07 Å². The van der Waals surface area contributed by atoms with Crippen molar-refractivity contribution in [2.45, 2.75) is 40.2 Å². The number of carbonyl (C=O) groups excluding carboxylic acids is 3. The van der Waals surface area contributed by atoms with Gasteiger partial charge in [0.2, 0.25) is 0 Å². The number of phenols is 1. The zero-order chi connectivity index (χ0) is 24.6. The van der Waals surface area contributed by atoms with Crippen LogP contribution in [0.4, 0.5) is 0 Å². The van der Waals surface area contributed by atoms with Gasteiger partial charge in [0.15, 0.2) is 0 Å². The van der Waals surface area contributed by atoms with E-state index in [4.69, 9.17) is 9.15 Å². The molecule has 0 atom stereocenters. The smallest absolute Gasteiger partial charge is 0.338 e. The van der Waals surface area contributed by atoms with Crippen molar-refractivity contribution in [1.29, 1.82) is 0 Å². The zero-order valence-electron chi connectivity index (χ0n) is 19.2. The SMILES string of the molecule is CCc1cc2c(COC(=O)c3ccc4c(c3)C(=O)N(CCC(C)C)C4=O)cc(=O)oc2cc1O. The van der Waals surface area contributed by atoms with Crippen LogP contribution in [0, 0.1) is 5.92 Å². The van der Waals surface area contributed by atoms with Gasteiger partial charge in [-0.2, -0.15) is 0 Å². The van der Waals surface area contributed by atoms with E-state index in [0.29, 0.717) is 41.8 Å². The van der Waals surface area contributed by atoms with Crippen LogP contribution in [0.1, 0.15) is 69.4 Å². The summed E-state index contributed by atoms with van der Waals surface area (Å²) >= 11 is 0. The number of nitrogens with zero attached hydrogens (tertiary/aromatic N) is 1. The number of esters is 1. The number of fused-ring (bicyclic) bond motifs is 2. The maximum atomic E-state index is 12.7. The summed E-state index contributed by atoms with van der Waals surface area (Å²) in [6, 6.07) is 8.59. The minimum atomic E-state index is -0.695. The van der Waals surface area contributed by atoms with Gasteiger partial charge in [0.25, 0.3) is 11.8 Å². The number of ether oxygens (including phenoxy) is 1. The lowest BCUT2D eigenvalue weighted by Gasteiger charge is -2.14. The molecule has 8 heteroatoms. The van der Waals surface area contributed by atoms with E-state index < -0.39 is 17.5 Å². The van der Waals surface area contributed by atoms with E-state index >= 15 is 0 Å². The topological polar surface area (TPSA) is 114 Å². The molecule has 0 saturated carbocycles. The lowest BCUT2D eigenvalue weighted by molar-refractivity contribution is 0.0473. The van der Waals surface area contributed by atoms with E-state index in [0.717, 1.165) is 0 Å². The zero-order valence-corrected chi connectivity index (χ0v) is 19.2. The predicted molar refractivity (Wildman–Crippen MR) is 124 cm³/mol. The molecular weight excluding hydrogens is 438 g/mol. The minimum absolute atomic E-state index is 0.0205. The van der Waals surface area contributed by atoms with Gasteiger partial charge in [-0.3, -0.25) is 14.5 Å². The predicted octanol–water partition coefficient (Wildman–Crippen LogP) is 4.06. The van der Waals surface area contributed by atoms with Gasteiger partial charge in [-0.15, -0.1) is 0 Å². The summed E-state index contributed by atoms with van der Waals surface area (Å²) in [4.78, 5) is 51.2. The van der Waals surface area contributed by atoms with Crippen LogP contribution in [0.3, 0.4) is 0 Å². The summed E-state index contributed by atoms with van der Waals surface area (Å²) < 4.78 is 10.6. The number of carbonyl (C=O) groups is 3. The highest BCUT2D eigenvalue weighted by molar-refractivity contribution is 6.21. The van der Waals surface area contributed by atoms with E-state index in [-0.39, 0.29) is 40.5 Å². The Morgan fingerprint density at radius 1 is 1.03 bits per heavy atom. The third-order valence-corrected chi connectivity index (χ3v) is 5.91. The monoisotopic (exact) mass is 463 g/mol. The molecule has 0 radical (unpaired) electrons. The second-order valence-electron chi connectivity index (χ2n) is 8.70. The average molecular weight is 463 g/mol. The fourth-order valence-corrected chi connectivity index (χ4v) is 3.94. The van der Waals surface area contributed by atoms with Gasteiger partial charge < -0.3 is 14.3 Å². The summed E-state index contributed by atoms with van der Waals surface area (Å²) in [6.45, 7) is 6.02. The van der Waals surface area contributed by atoms with Crippen molar-refractivity contribution in [2.75, 3.05) is 6.54 Å². The van der Waals surface area contributed by atoms with Crippen molar-refractivity contribution in [1.82, 2.24) is 4.90 Å². The van der Waals surface area contributed by atoms with Crippen LogP contribution in [0.2, 0.25) is 0 Å². The second-order valence-corrected chi connectivity index (χ2v) is 8.70. The van der Waals surface area contributed by atoms with Crippen LogP contribution >= 0.6 is 0 Å². The molecule has 0 unspecified atom stereocenters. The van der Waals surface area contributed by atoms with E-state index in [2.05, 4.69) is 0 Å². The van der Waals surface area contributed by atoms with Gasteiger partial charge in [-0.25, -0.2) is 9.59 Å². The van der Waals surface area contributed by atoms with Crippen molar-refractivity contribution < 1.29 is 28.6 Å². The largest absolute Gasteiger partial charge is 0.508 e. The molecule has 0 bridgehead atoms. The standard InChI is InChI=1S/C26H25NO7/c1-4-15-9-19-17(11-23(29)34-22(19)12-21(15)28)13-33-26(32)16-5-6-18-20(10-16)25(31)27(24(18)30)8-7-14(2)3/h5-6,9-12,14,28H,4,7-8,13H2,1-3H3. The molecule has 0 fully saturated rings. The number of rotatable bonds is 7. The lowest BCUT2D eigenvalue weighted by Crippen LogP contribution is -2.31. The molecular formula is C26H25NO7. The van der Waals surface area contributed by atoms with Crippen LogP contribution in [-0.2, 0) is 17.8 Å². The second kappa shape index (κ2) is 9.13. The Balaban J connectivity index is 1.55. The number of hydrogen-bond acceptors (Lipinski definition) is 7. The average Bonchev–Trinajstić information content (AvgIpc) is 3.04. The highest BCUT2D eigenvalue weighted by atomic mass is 16.5. The maximum absolute atomic E-state index is 12.7. The molecule has 3 aromatic rings. The summed E-state index contributed by atoms with van der Waals surface area (Å²) in [5.41, 5.74) is 1.23. The van der Waals surface area contributed by atoms with Crippen molar-refractivity contribution in [3.8, 4) is 5.75 Å². The molecule has 1 N–H and O–H groups in total. The molecule has 0 aliphatic carbocycles. The Bertz CT molecular complexity index is 1370. The molecule has 0 spiro atoms. The van der Waals surface area contributed by atoms with Gasteiger partial charge in [0, 0.05) is 29.6 Å². The Morgan fingerprint density at radius 2 is 1.76 bits per heavy atom. The quantitative estimate of drug-likeness (QED) is 0.319. The van der Waals surface area contributed by atoms with Gasteiger partial charge in [-0.1, -0.05) is 20.8 Å². The molecule has 2 aromatic carbocycles. The van der Waals surface area contributed by atoms with Crippen LogP contribution in [0.25, 0.3) is 11.0 Å². The highest BCUT2D eigenvalue weighted by Gasteiger charge is 2.35. The number of aromatic hydroxyl groups is 1. The Labute approximate surface area is 195 Å². The normalized spacial score (nSPS) is 13.1. The third kappa shape index (κ3) is 4.31. The molecule has 1 aliphatic heterocycles. The number of hydrogen-bond donors (Lipinski definition) is 1. The van der Waals surface area contributed by atoms with Crippen LogP contribution < -0.4 is 5.63 Å². The third-order valence-electron chi connectivity index (χ3n) is 5.91. The number of amides is 2. The summed E-state index contributed by atoms with van der Waals surface area (Å²) in [6.07, 6.45) is 1.26. The molecule has 34 heavy (non-hydrogen) atoms. The van der Waals surface area contributed by atoms with E-state index in [1.807, 2.05) is 20.8 Å². The molecule has 4 rings (SSSR count). The van der Waals surface area contributed by atoms with Crippen molar-refractivity contribution in [2.24, 2.45) is 5.92 Å². The van der Waals surface area contributed by atoms with E-state index in [1.165, 1.54) is 35.2 Å². The molecule has 2 heterocycles. The maximum Gasteiger partial charge on any atom is 0.338 e. The van der Waals surface area contributed by atoms with Crippen molar-refractivity contribution in [3.05, 3.63) is 74.6 Å². The molecule has 8 nitrogen and oxygen atoms in total. The van der Waals surface area contributed by atoms with Crippen molar-refractivity contribution >= 4 is 28.8 Å².